The Morgan fingerprint density at radius 1 is 1.35 bits per heavy atom. The van der Waals surface area contributed by atoms with Gasteiger partial charge in [0.2, 0.25) is 0 Å². The largest absolute Gasteiger partial charge is 0.383 e. The van der Waals surface area contributed by atoms with E-state index in [1.165, 1.54) is 12.8 Å². The van der Waals surface area contributed by atoms with E-state index in [4.69, 9.17) is 5.73 Å². The van der Waals surface area contributed by atoms with Crippen molar-refractivity contribution < 1.29 is 0 Å². The normalized spacial score (nSPS) is 15.2. The highest BCUT2D eigenvalue weighted by atomic mass is 127. The Bertz CT molecular complexity index is 577. The lowest BCUT2D eigenvalue weighted by molar-refractivity contribution is 0.977. The molecule has 0 saturated heterocycles. The first-order valence-corrected chi connectivity index (χ1v) is 7.36. The van der Waals surface area contributed by atoms with Crippen LogP contribution in [0.3, 0.4) is 0 Å². The quantitative estimate of drug-likeness (QED) is 0.839. The second kappa shape index (κ2) is 4.16. The zero-order chi connectivity index (χ0) is 12.0. The Morgan fingerprint density at radius 2 is 2.12 bits per heavy atom. The summed E-state index contributed by atoms with van der Waals surface area (Å²) in [5, 5.41) is 3.00. The lowest BCUT2D eigenvalue weighted by Gasteiger charge is -2.06. The molecule has 4 nitrogen and oxygen atoms in total. The lowest BCUT2D eigenvalue weighted by Crippen LogP contribution is -2.04. The van der Waals surface area contributed by atoms with Gasteiger partial charge in [-0.2, -0.15) is 0 Å². The SMILES string of the molecule is Cc1nc(-c2nc(N)c(I)c(C3CC3)n2)cs1. The summed E-state index contributed by atoms with van der Waals surface area (Å²) < 4.78 is 1.00. The molecule has 0 spiro atoms. The van der Waals surface area contributed by atoms with Crippen LogP contribution < -0.4 is 5.73 Å². The summed E-state index contributed by atoms with van der Waals surface area (Å²) in [7, 11) is 0. The fraction of sp³-hybridized carbons (Fsp3) is 0.364. The monoisotopic (exact) mass is 358 g/mol. The number of hydrogen-bond acceptors (Lipinski definition) is 5. The number of halogens is 1. The first kappa shape index (κ1) is 11.3. The Hall–Kier alpha value is -0.760. The number of aryl methyl sites for hydroxylation is 1. The van der Waals surface area contributed by atoms with Crippen molar-refractivity contribution in [3.63, 3.8) is 0 Å². The van der Waals surface area contributed by atoms with Crippen molar-refractivity contribution in [2.24, 2.45) is 0 Å². The smallest absolute Gasteiger partial charge is 0.181 e. The first-order chi connectivity index (χ1) is 8.15. The van der Waals surface area contributed by atoms with Crippen LogP contribution in [-0.4, -0.2) is 15.0 Å². The summed E-state index contributed by atoms with van der Waals surface area (Å²) in [5.41, 5.74) is 7.88. The average Bonchev–Trinajstić information content (AvgIpc) is 3.05. The highest BCUT2D eigenvalue weighted by Crippen LogP contribution is 2.42. The van der Waals surface area contributed by atoms with E-state index in [1.807, 2.05) is 12.3 Å². The van der Waals surface area contributed by atoms with Crippen molar-refractivity contribution in [3.8, 4) is 11.5 Å². The van der Waals surface area contributed by atoms with E-state index in [1.54, 1.807) is 11.3 Å². The van der Waals surface area contributed by atoms with Crippen LogP contribution in [0.15, 0.2) is 5.38 Å². The standard InChI is InChI=1S/C11H11IN4S/c1-5-14-7(4-17-5)11-15-9(6-2-3-6)8(12)10(13)16-11/h4,6H,2-3H2,1H3,(H2,13,15,16). The highest BCUT2D eigenvalue weighted by Gasteiger charge is 2.29. The van der Waals surface area contributed by atoms with E-state index in [-0.39, 0.29) is 0 Å². The summed E-state index contributed by atoms with van der Waals surface area (Å²) >= 11 is 3.84. The molecule has 0 aromatic carbocycles. The van der Waals surface area contributed by atoms with Gasteiger partial charge in [0, 0.05) is 11.3 Å². The van der Waals surface area contributed by atoms with Gasteiger partial charge in [0.05, 0.1) is 14.3 Å². The van der Waals surface area contributed by atoms with E-state index >= 15 is 0 Å². The molecule has 0 aliphatic heterocycles. The highest BCUT2D eigenvalue weighted by molar-refractivity contribution is 14.1. The first-order valence-electron chi connectivity index (χ1n) is 5.40. The van der Waals surface area contributed by atoms with Crippen LogP contribution in [0.25, 0.3) is 11.5 Å². The van der Waals surface area contributed by atoms with Crippen molar-refractivity contribution in [1.29, 1.82) is 0 Å². The van der Waals surface area contributed by atoms with E-state index < -0.39 is 0 Å². The topological polar surface area (TPSA) is 64.7 Å². The molecule has 3 rings (SSSR count). The van der Waals surface area contributed by atoms with Crippen LogP contribution in [0.4, 0.5) is 5.82 Å². The van der Waals surface area contributed by atoms with Gasteiger partial charge in [0.25, 0.3) is 0 Å². The fourth-order valence-electron chi connectivity index (χ4n) is 1.69. The molecule has 0 unspecified atom stereocenters. The molecule has 0 amide bonds. The molecule has 0 radical (unpaired) electrons. The Labute approximate surface area is 117 Å². The van der Waals surface area contributed by atoms with Crippen molar-refractivity contribution >= 4 is 39.7 Å². The van der Waals surface area contributed by atoms with E-state index in [0.717, 1.165) is 20.0 Å². The number of nitrogens with two attached hydrogens (primary N) is 1. The number of nitrogen functional groups attached to an aromatic ring is 1. The molecule has 2 N–H and O–H groups in total. The number of rotatable bonds is 2. The van der Waals surface area contributed by atoms with Gasteiger partial charge in [-0.3, -0.25) is 0 Å². The molecule has 6 heteroatoms. The molecule has 2 aromatic heterocycles. The minimum absolute atomic E-state index is 0.572. The molecule has 0 atom stereocenters. The zero-order valence-corrected chi connectivity index (χ0v) is 12.2. The average molecular weight is 358 g/mol. The molecule has 88 valence electrons. The summed E-state index contributed by atoms with van der Waals surface area (Å²) in [6, 6.07) is 0. The second-order valence-electron chi connectivity index (χ2n) is 4.16. The predicted molar refractivity (Wildman–Crippen MR) is 77.0 cm³/mol. The molecule has 0 bridgehead atoms. The van der Waals surface area contributed by atoms with Gasteiger partial charge in [-0.25, -0.2) is 15.0 Å². The van der Waals surface area contributed by atoms with Crippen molar-refractivity contribution in [2.75, 3.05) is 5.73 Å². The van der Waals surface area contributed by atoms with Crippen molar-refractivity contribution in [1.82, 2.24) is 15.0 Å². The molecule has 2 aromatic rings. The van der Waals surface area contributed by atoms with Gasteiger partial charge < -0.3 is 5.73 Å². The Kier molecular flexibility index (Phi) is 2.78. The summed E-state index contributed by atoms with van der Waals surface area (Å²) in [6.45, 7) is 1.98. The third-order valence-electron chi connectivity index (χ3n) is 2.71. The summed E-state index contributed by atoms with van der Waals surface area (Å²) in [6.07, 6.45) is 2.42. The molecule has 1 aliphatic carbocycles. The van der Waals surface area contributed by atoms with Crippen LogP contribution in [0.5, 0.6) is 0 Å². The minimum Gasteiger partial charge on any atom is -0.383 e. The van der Waals surface area contributed by atoms with Gasteiger partial charge in [-0.05, 0) is 42.4 Å². The number of hydrogen-bond donors (Lipinski definition) is 1. The van der Waals surface area contributed by atoms with Gasteiger partial charge >= 0.3 is 0 Å². The minimum atomic E-state index is 0.572. The molecule has 2 heterocycles. The molecule has 1 saturated carbocycles. The third-order valence-corrected chi connectivity index (χ3v) is 4.59. The second-order valence-corrected chi connectivity index (χ2v) is 6.30. The van der Waals surface area contributed by atoms with Crippen LogP contribution in [-0.2, 0) is 0 Å². The third kappa shape index (κ3) is 2.15. The van der Waals surface area contributed by atoms with Gasteiger partial charge in [0.15, 0.2) is 5.82 Å². The Balaban J connectivity index is 2.11. The van der Waals surface area contributed by atoms with Crippen LogP contribution in [0, 0.1) is 10.5 Å². The van der Waals surface area contributed by atoms with Crippen LogP contribution in [0.2, 0.25) is 0 Å². The summed E-state index contributed by atoms with van der Waals surface area (Å²) in [5.74, 6) is 1.81. The molecule has 17 heavy (non-hydrogen) atoms. The van der Waals surface area contributed by atoms with Crippen molar-refractivity contribution in [3.05, 3.63) is 19.7 Å². The van der Waals surface area contributed by atoms with Gasteiger partial charge in [-0.15, -0.1) is 11.3 Å². The van der Waals surface area contributed by atoms with E-state index in [9.17, 15) is 0 Å². The van der Waals surface area contributed by atoms with Crippen molar-refractivity contribution in [2.45, 2.75) is 25.7 Å². The maximum Gasteiger partial charge on any atom is 0.181 e. The Morgan fingerprint density at radius 3 is 2.71 bits per heavy atom. The maximum atomic E-state index is 5.95. The number of anilines is 1. The molecule has 1 aliphatic rings. The number of nitrogens with zero attached hydrogens (tertiary/aromatic N) is 3. The molecule has 1 fully saturated rings. The summed E-state index contributed by atoms with van der Waals surface area (Å²) in [4.78, 5) is 13.4. The fourth-order valence-corrected chi connectivity index (χ4v) is 2.96. The van der Waals surface area contributed by atoms with Crippen LogP contribution >= 0.6 is 33.9 Å². The molecular weight excluding hydrogens is 347 g/mol. The molecular formula is C11H11IN4S. The predicted octanol–water partition coefficient (Wildman–Crippen LogP) is 2.97. The van der Waals surface area contributed by atoms with Gasteiger partial charge in [-0.1, -0.05) is 0 Å². The van der Waals surface area contributed by atoms with E-state index in [2.05, 4.69) is 37.5 Å². The van der Waals surface area contributed by atoms with Gasteiger partial charge in [0.1, 0.15) is 11.5 Å². The lowest BCUT2D eigenvalue weighted by atomic mass is 10.2. The zero-order valence-electron chi connectivity index (χ0n) is 9.27. The van der Waals surface area contributed by atoms with E-state index in [0.29, 0.717) is 17.6 Å². The van der Waals surface area contributed by atoms with Crippen LogP contribution in [0.1, 0.15) is 29.5 Å². The number of aromatic nitrogens is 3. The number of thiazole rings is 1. The maximum absolute atomic E-state index is 5.95.